The van der Waals surface area contributed by atoms with E-state index in [-0.39, 0.29) is 6.42 Å². The van der Waals surface area contributed by atoms with Crippen LogP contribution in [0.15, 0.2) is 28.3 Å². The molecule has 1 aromatic carbocycles. The molecule has 9 heteroatoms. The van der Waals surface area contributed by atoms with E-state index in [0.717, 1.165) is 0 Å². The number of nitrogens with zero attached hydrogens (tertiary/aromatic N) is 2. The van der Waals surface area contributed by atoms with Crippen LogP contribution in [0.3, 0.4) is 0 Å². The molecule has 1 aliphatic rings. The van der Waals surface area contributed by atoms with E-state index in [1.165, 1.54) is 11.8 Å². The third-order valence-corrected chi connectivity index (χ3v) is 5.02. The zero-order chi connectivity index (χ0) is 17.3. The first-order chi connectivity index (χ1) is 10.7. The van der Waals surface area contributed by atoms with Gasteiger partial charge in [0.25, 0.3) is 0 Å². The summed E-state index contributed by atoms with van der Waals surface area (Å²) >= 11 is 13.2. The molecular weight excluding hydrogens is 370 g/mol. The molecule has 0 aliphatic carbocycles. The van der Waals surface area contributed by atoms with Gasteiger partial charge in [0.1, 0.15) is 16.3 Å². The highest BCUT2D eigenvalue weighted by atomic mass is 35.5. The summed E-state index contributed by atoms with van der Waals surface area (Å²) in [6.07, 6.45) is -4.72. The first-order valence-electron chi connectivity index (χ1n) is 6.73. The van der Waals surface area contributed by atoms with E-state index in [9.17, 15) is 13.2 Å². The number of thioether (sulfide) groups is 1. The molecular formula is C14H14Cl2F3N3S. The van der Waals surface area contributed by atoms with E-state index in [1.54, 1.807) is 25.1 Å². The molecule has 0 fully saturated rings. The van der Waals surface area contributed by atoms with Crippen LogP contribution in [-0.4, -0.2) is 28.2 Å². The van der Waals surface area contributed by atoms with Gasteiger partial charge in [0.15, 0.2) is 0 Å². The van der Waals surface area contributed by atoms with Gasteiger partial charge >= 0.3 is 6.18 Å². The highest BCUT2D eigenvalue weighted by Crippen LogP contribution is 2.34. The minimum absolute atomic E-state index is 0.274. The average Bonchev–Trinajstić information content (AvgIpc) is 2.86. The fourth-order valence-corrected chi connectivity index (χ4v) is 3.19. The summed E-state index contributed by atoms with van der Waals surface area (Å²) in [5.41, 5.74) is 1.27. The monoisotopic (exact) mass is 383 g/mol. The Labute approximate surface area is 146 Å². The molecule has 0 amide bonds. The molecule has 0 spiro atoms. The Morgan fingerprint density at radius 1 is 1.39 bits per heavy atom. The lowest BCUT2D eigenvalue weighted by atomic mass is 9.98. The van der Waals surface area contributed by atoms with Crippen molar-refractivity contribution in [3.63, 3.8) is 0 Å². The number of hydrogen-bond acceptors (Lipinski definition) is 4. The molecule has 126 valence electrons. The smallest absolute Gasteiger partial charge is 0.297 e. The van der Waals surface area contributed by atoms with Crippen LogP contribution in [0.2, 0.25) is 10.0 Å². The Morgan fingerprint density at radius 3 is 2.61 bits per heavy atom. The Morgan fingerprint density at radius 2 is 2.09 bits per heavy atom. The first-order valence-corrected chi connectivity index (χ1v) is 8.48. The van der Waals surface area contributed by atoms with Crippen molar-refractivity contribution in [3.8, 4) is 0 Å². The van der Waals surface area contributed by atoms with Gasteiger partial charge in [0, 0.05) is 6.42 Å². The van der Waals surface area contributed by atoms with E-state index >= 15 is 0 Å². The highest BCUT2D eigenvalue weighted by Gasteiger charge is 2.46. The van der Waals surface area contributed by atoms with Crippen molar-refractivity contribution in [3.05, 3.63) is 28.2 Å². The van der Waals surface area contributed by atoms with Crippen molar-refractivity contribution < 1.29 is 13.2 Å². The number of alkyl halides is 3. The summed E-state index contributed by atoms with van der Waals surface area (Å²) in [6.45, 7) is 3.55. The number of aliphatic imine (C=N–C) groups is 1. The van der Waals surface area contributed by atoms with E-state index in [0.29, 0.717) is 26.5 Å². The third kappa shape index (κ3) is 4.33. The predicted molar refractivity (Wildman–Crippen MR) is 91.3 cm³/mol. The van der Waals surface area contributed by atoms with E-state index in [4.69, 9.17) is 23.2 Å². The lowest BCUT2D eigenvalue weighted by Gasteiger charge is -2.25. The molecule has 23 heavy (non-hydrogen) atoms. The van der Waals surface area contributed by atoms with Crippen molar-refractivity contribution in [2.45, 2.75) is 32.0 Å². The largest absolute Gasteiger partial charge is 0.431 e. The van der Waals surface area contributed by atoms with Gasteiger partial charge in [-0.15, -0.1) is 11.8 Å². The maximum atomic E-state index is 12.8. The van der Waals surface area contributed by atoms with Crippen LogP contribution in [0.4, 0.5) is 18.9 Å². The van der Waals surface area contributed by atoms with E-state index in [1.807, 2.05) is 6.92 Å². The quantitative estimate of drug-likeness (QED) is 0.556. The molecule has 0 bridgehead atoms. The predicted octanol–water partition coefficient (Wildman–Crippen LogP) is 5.45. The molecule has 0 saturated carbocycles. The molecule has 1 aliphatic heterocycles. The summed E-state index contributed by atoms with van der Waals surface area (Å²) in [5, 5.41) is 4.68. The second-order valence-corrected chi connectivity index (χ2v) is 7.19. The number of halogens is 5. The number of hydrazone groups is 1. The van der Waals surface area contributed by atoms with Crippen LogP contribution in [0.25, 0.3) is 0 Å². The summed E-state index contributed by atoms with van der Waals surface area (Å²) < 4.78 is 38.5. The number of benzene rings is 1. The van der Waals surface area contributed by atoms with Gasteiger partial charge in [-0.2, -0.15) is 18.3 Å². The highest BCUT2D eigenvalue weighted by molar-refractivity contribution is 8.14. The molecule has 0 saturated heterocycles. The van der Waals surface area contributed by atoms with Gasteiger partial charge in [-0.1, -0.05) is 30.1 Å². The second-order valence-electron chi connectivity index (χ2n) is 5.13. The zero-order valence-electron chi connectivity index (χ0n) is 12.3. The van der Waals surface area contributed by atoms with E-state index in [2.05, 4.69) is 15.5 Å². The summed E-state index contributed by atoms with van der Waals surface area (Å²) in [4.78, 5) is 4.45. The molecule has 1 N–H and O–H groups in total. The van der Waals surface area contributed by atoms with Crippen LogP contribution >= 0.6 is 35.0 Å². The Kier molecular flexibility index (Phi) is 5.53. The minimum atomic E-state index is -4.45. The van der Waals surface area contributed by atoms with Crippen molar-refractivity contribution in [1.29, 1.82) is 0 Å². The fraction of sp³-hybridized carbons (Fsp3) is 0.429. The van der Waals surface area contributed by atoms with Gasteiger partial charge < -0.3 is 0 Å². The van der Waals surface area contributed by atoms with Gasteiger partial charge in [0.05, 0.1) is 15.7 Å². The standard InChI is InChI=1S/C14H14Cl2F3N3S/c1-3-23-12(20-8-4-5-9(15)10(16)6-8)13(2)7-11(21-22-13)14(17,18)19/h4-6,22H,3,7H2,1-2H3/b20-12-. The lowest BCUT2D eigenvalue weighted by molar-refractivity contribution is -0.0601. The minimum Gasteiger partial charge on any atom is -0.297 e. The molecule has 1 unspecified atom stereocenters. The van der Waals surface area contributed by atoms with E-state index < -0.39 is 17.4 Å². The topological polar surface area (TPSA) is 36.8 Å². The zero-order valence-corrected chi connectivity index (χ0v) is 14.7. The van der Waals surface area contributed by atoms with Crippen molar-refractivity contribution in [2.75, 3.05) is 5.75 Å². The number of rotatable bonds is 3. The third-order valence-electron chi connectivity index (χ3n) is 3.17. The molecule has 3 nitrogen and oxygen atoms in total. The van der Waals surface area contributed by atoms with Crippen molar-refractivity contribution >= 4 is 51.4 Å². The molecule has 0 aromatic heterocycles. The molecule has 1 heterocycles. The van der Waals surface area contributed by atoms with Crippen LogP contribution in [0.1, 0.15) is 20.3 Å². The normalized spacial score (nSPS) is 22.0. The number of hydrogen-bond donors (Lipinski definition) is 1. The van der Waals surface area contributed by atoms with Crippen LogP contribution in [0, 0.1) is 0 Å². The lowest BCUT2D eigenvalue weighted by Crippen LogP contribution is -2.43. The maximum absolute atomic E-state index is 12.8. The number of nitrogens with one attached hydrogen (secondary N) is 1. The summed E-state index contributed by atoms with van der Waals surface area (Å²) in [7, 11) is 0. The first kappa shape index (κ1) is 18.4. The molecule has 2 rings (SSSR count). The summed E-state index contributed by atoms with van der Waals surface area (Å²) in [5.74, 6) is 0.665. The Balaban J connectivity index is 2.31. The summed E-state index contributed by atoms with van der Waals surface area (Å²) in [6, 6.07) is 4.83. The van der Waals surface area contributed by atoms with Crippen molar-refractivity contribution in [1.82, 2.24) is 5.43 Å². The van der Waals surface area contributed by atoms with Crippen LogP contribution < -0.4 is 5.43 Å². The Bertz CT molecular complexity index is 661. The van der Waals surface area contributed by atoms with Gasteiger partial charge in [0.2, 0.25) is 0 Å². The van der Waals surface area contributed by atoms with Crippen LogP contribution in [0.5, 0.6) is 0 Å². The molecule has 1 aromatic rings. The van der Waals surface area contributed by atoms with Crippen LogP contribution in [-0.2, 0) is 0 Å². The maximum Gasteiger partial charge on any atom is 0.431 e. The fourth-order valence-electron chi connectivity index (χ4n) is 2.02. The molecule has 0 radical (unpaired) electrons. The average molecular weight is 384 g/mol. The van der Waals surface area contributed by atoms with Gasteiger partial charge in [-0.05, 0) is 30.9 Å². The second kappa shape index (κ2) is 6.91. The molecule has 1 atom stereocenters. The van der Waals surface area contributed by atoms with Gasteiger partial charge in [-0.25, -0.2) is 4.99 Å². The van der Waals surface area contributed by atoms with Crippen molar-refractivity contribution in [2.24, 2.45) is 10.1 Å². The Hall–Kier alpha value is -0.920. The SMILES string of the molecule is CCS/C(=N\c1ccc(Cl)c(Cl)c1)C1(C)CC(C(F)(F)F)=NN1. The van der Waals surface area contributed by atoms with Gasteiger partial charge in [-0.3, -0.25) is 5.43 Å².